The van der Waals surface area contributed by atoms with E-state index < -0.39 is 60.7 Å². The van der Waals surface area contributed by atoms with E-state index in [1.165, 1.54) is 34.8 Å². The summed E-state index contributed by atoms with van der Waals surface area (Å²) in [5.41, 5.74) is 1.51. The van der Waals surface area contributed by atoms with E-state index in [9.17, 15) is 38.7 Å². The molecule has 0 aromatic heterocycles. The molecule has 0 bridgehead atoms. The van der Waals surface area contributed by atoms with Gasteiger partial charge in [0.2, 0.25) is 6.29 Å². The van der Waals surface area contributed by atoms with E-state index in [0.717, 1.165) is 24.9 Å². The Labute approximate surface area is 368 Å². The van der Waals surface area contributed by atoms with Gasteiger partial charge in [0.25, 0.3) is 0 Å². The molecule has 0 aliphatic carbocycles. The lowest BCUT2D eigenvalue weighted by Gasteiger charge is -2.40. The van der Waals surface area contributed by atoms with Crippen LogP contribution < -0.4 is 10.1 Å². The fourth-order valence-electron chi connectivity index (χ4n) is 5.40. The summed E-state index contributed by atoms with van der Waals surface area (Å²) in [5.74, 6) is -1.69. The largest absolute Gasteiger partial charge is 0.469 e. The SMILES string of the molecule is CNC1=CN2CC(C=O)N=C2C=C1.COC(=O)C(CC(CCO)OC(C)=O)OCC1OC(Oc2ccc(C=O)cc2)CC(OC(C)=O)C1OC(C)=O.COC(C)(C)C.COC(C)=O. The molecule has 2 N–H and O–H groups in total. The molecule has 20 nitrogen and oxygen atoms in total. The average Bonchev–Trinajstić information content (AvgIpc) is 3.66. The van der Waals surface area contributed by atoms with Gasteiger partial charge in [-0.3, -0.25) is 29.0 Å². The fraction of sp³-hybridized carbons (Fsp3) is 0.581. The molecular formula is C43H63N3O17. The number of hydrogen-bond acceptors (Lipinski definition) is 20. The molecular weight excluding hydrogens is 830 g/mol. The zero-order valence-electron chi connectivity index (χ0n) is 37.9. The first kappa shape index (κ1) is 55.3. The fourth-order valence-corrected chi connectivity index (χ4v) is 5.40. The van der Waals surface area contributed by atoms with Crippen molar-refractivity contribution in [2.75, 3.05) is 48.1 Å². The minimum atomic E-state index is -1.24. The van der Waals surface area contributed by atoms with E-state index in [1.807, 2.05) is 51.1 Å². The lowest BCUT2D eigenvalue weighted by atomic mass is 10.0. The number of aliphatic hydroxyl groups is 1. The zero-order valence-corrected chi connectivity index (χ0v) is 37.9. The lowest BCUT2D eigenvalue weighted by Crippen LogP contribution is -2.55. The van der Waals surface area contributed by atoms with Gasteiger partial charge in [-0.15, -0.1) is 0 Å². The summed E-state index contributed by atoms with van der Waals surface area (Å²) in [7, 11) is 6.08. The van der Waals surface area contributed by atoms with Crippen molar-refractivity contribution in [3.05, 3.63) is 53.9 Å². The van der Waals surface area contributed by atoms with Gasteiger partial charge in [-0.25, -0.2) is 4.79 Å². The molecule has 4 rings (SSSR count). The number of rotatable bonds is 16. The molecule has 63 heavy (non-hydrogen) atoms. The molecule has 1 aromatic rings. The Morgan fingerprint density at radius 2 is 1.56 bits per heavy atom. The minimum Gasteiger partial charge on any atom is -0.469 e. The predicted octanol–water partition coefficient (Wildman–Crippen LogP) is 2.63. The molecule has 1 aromatic carbocycles. The molecule has 1 saturated heterocycles. The van der Waals surface area contributed by atoms with Gasteiger partial charge in [0.1, 0.15) is 48.5 Å². The predicted molar refractivity (Wildman–Crippen MR) is 225 cm³/mol. The smallest absolute Gasteiger partial charge is 0.335 e. The Kier molecular flexibility index (Phi) is 25.3. The number of likely N-dealkylation sites (N-methyl/N-ethyl adjacent to an activating group) is 1. The van der Waals surface area contributed by atoms with Crippen molar-refractivity contribution in [1.29, 1.82) is 0 Å². The molecule has 0 amide bonds. The van der Waals surface area contributed by atoms with Crippen LogP contribution in [0.25, 0.3) is 0 Å². The Morgan fingerprint density at radius 3 is 2.03 bits per heavy atom. The third kappa shape index (κ3) is 22.3. The van der Waals surface area contributed by atoms with Crippen LogP contribution in [0.2, 0.25) is 0 Å². The zero-order chi connectivity index (χ0) is 47.7. The van der Waals surface area contributed by atoms with Crippen LogP contribution in [0.4, 0.5) is 0 Å². The number of nitrogens with one attached hydrogen (secondary N) is 1. The third-order valence-electron chi connectivity index (χ3n) is 8.60. The van der Waals surface area contributed by atoms with Crippen molar-refractivity contribution in [3.8, 4) is 5.75 Å². The van der Waals surface area contributed by atoms with E-state index in [-0.39, 0.29) is 50.1 Å². The Bertz CT molecular complexity index is 1720. The molecule has 3 aliphatic heterocycles. The number of amidine groups is 1. The van der Waals surface area contributed by atoms with E-state index >= 15 is 0 Å². The van der Waals surface area contributed by atoms with Crippen molar-refractivity contribution < 1.29 is 81.3 Å². The standard InChI is InChI=1S/C26H34O13.C9H11N3O.C5H12O.C3H6O2/c1-15(29)35-20(9-10-27)11-22(26(32)33-4)34-14-23-25(37-17(3)31)21(36-16(2)30)12-24(39-23)38-19-7-5-18(13-28)6-8-19;1-10-7-2-3-9-11-8(6-13)5-12(9)4-7;1-5(2,3)6-4;1-3(4)5-2/h5-8,13,20-25,27H,9-12,14H2,1-4H3;2-4,6,8,10H,5H2,1H3;1-4H3;1-2H3. The number of aldehydes is 2. The molecule has 1 fully saturated rings. The maximum atomic E-state index is 12.4. The number of nitrogens with zero attached hydrogens (tertiary/aromatic N) is 2. The lowest BCUT2D eigenvalue weighted by molar-refractivity contribution is -0.249. The third-order valence-corrected chi connectivity index (χ3v) is 8.60. The molecule has 7 unspecified atom stereocenters. The molecule has 0 saturated carbocycles. The van der Waals surface area contributed by atoms with Crippen LogP contribution in [0, 0.1) is 0 Å². The van der Waals surface area contributed by atoms with E-state index in [1.54, 1.807) is 31.4 Å². The molecule has 0 radical (unpaired) electrons. The summed E-state index contributed by atoms with van der Waals surface area (Å²) >= 11 is 0. The van der Waals surface area contributed by atoms with Gasteiger partial charge < -0.3 is 62.7 Å². The second-order valence-electron chi connectivity index (χ2n) is 14.7. The number of carbonyl (C=O) groups is 7. The highest BCUT2D eigenvalue weighted by molar-refractivity contribution is 5.98. The van der Waals surface area contributed by atoms with Crippen molar-refractivity contribution >= 4 is 48.3 Å². The summed E-state index contributed by atoms with van der Waals surface area (Å²) in [6, 6.07) is 6.00. The highest BCUT2D eigenvalue weighted by atomic mass is 16.7. The number of fused-ring (bicyclic) bond motifs is 1. The van der Waals surface area contributed by atoms with Crippen molar-refractivity contribution in [2.24, 2.45) is 4.99 Å². The summed E-state index contributed by atoms with van der Waals surface area (Å²) < 4.78 is 47.5. The summed E-state index contributed by atoms with van der Waals surface area (Å²) in [4.78, 5) is 84.8. The molecule has 0 spiro atoms. The Balaban J connectivity index is 0.000000663. The van der Waals surface area contributed by atoms with E-state index in [2.05, 4.69) is 15.0 Å². The first-order valence-electron chi connectivity index (χ1n) is 19.9. The number of esters is 5. The quantitative estimate of drug-likeness (QED) is 0.137. The van der Waals surface area contributed by atoms with E-state index in [4.69, 9.17) is 37.9 Å². The second kappa shape index (κ2) is 28.8. The Morgan fingerprint density at radius 1 is 0.937 bits per heavy atom. The van der Waals surface area contributed by atoms with Crippen LogP contribution >= 0.6 is 0 Å². The number of aliphatic imine (C=N–C) groups is 1. The van der Waals surface area contributed by atoms with Crippen LogP contribution in [0.1, 0.15) is 78.1 Å². The van der Waals surface area contributed by atoms with Gasteiger partial charge in [-0.2, -0.15) is 0 Å². The number of benzene rings is 1. The van der Waals surface area contributed by atoms with Gasteiger partial charge in [-0.05, 0) is 57.2 Å². The first-order valence-corrected chi connectivity index (χ1v) is 19.9. The summed E-state index contributed by atoms with van der Waals surface area (Å²) in [6.45, 7) is 11.0. The average molecular weight is 894 g/mol. The van der Waals surface area contributed by atoms with E-state index in [0.29, 0.717) is 24.1 Å². The molecule has 3 heterocycles. The van der Waals surface area contributed by atoms with Crippen LogP contribution in [-0.4, -0.2) is 155 Å². The number of ether oxygens (including phenoxy) is 9. The number of aliphatic hydroxyl groups excluding tert-OH is 1. The van der Waals surface area contributed by atoms with Gasteiger partial charge in [0, 0.05) is 73.1 Å². The monoisotopic (exact) mass is 893 g/mol. The highest BCUT2D eigenvalue weighted by Gasteiger charge is 2.45. The first-order chi connectivity index (χ1) is 29.7. The maximum Gasteiger partial charge on any atom is 0.335 e. The topological polar surface area (TPSA) is 250 Å². The molecule has 7 atom stereocenters. The van der Waals surface area contributed by atoms with Crippen LogP contribution in [0.15, 0.2) is 53.3 Å². The highest BCUT2D eigenvalue weighted by Crippen LogP contribution is 2.29. The normalized spacial score (nSPS) is 20.5. The van der Waals surface area contributed by atoms with Crippen molar-refractivity contribution in [3.63, 3.8) is 0 Å². The number of methoxy groups -OCH3 is 3. The van der Waals surface area contributed by atoms with Crippen molar-refractivity contribution in [1.82, 2.24) is 10.2 Å². The van der Waals surface area contributed by atoms with Crippen LogP contribution in [0.5, 0.6) is 5.75 Å². The number of allylic oxidation sites excluding steroid dienone is 1. The van der Waals surface area contributed by atoms with Gasteiger partial charge in [0.05, 0.1) is 45.1 Å². The van der Waals surface area contributed by atoms with Crippen molar-refractivity contribution in [2.45, 2.75) is 116 Å². The molecule has 20 heteroatoms. The second-order valence-corrected chi connectivity index (χ2v) is 14.7. The molecule has 3 aliphatic rings. The van der Waals surface area contributed by atoms with Crippen LogP contribution in [-0.2, 0) is 66.7 Å². The number of carbonyl (C=O) groups excluding carboxylic acids is 7. The maximum absolute atomic E-state index is 12.4. The number of hydrogen-bond donors (Lipinski definition) is 2. The Hall–Kier alpha value is -5.70. The molecule has 352 valence electrons. The minimum absolute atomic E-state index is 0.00505. The summed E-state index contributed by atoms with van der Waals surface area (Å²) in [5, 5.41) is 12.3. The van der Waals surface area contributed by atoms with Crippen LogP contribution in [0.3, 0.4) is 0 Å². The van der Waals surface area contributed by atoms with Gasteiger partial charge >= 0.3 is 29.8 Å². The van der Waals surface area contributed by atoms with Gasteiger partial charge in [0.15, 0.2) is 12.2 Å². The summed E-state index contributed by atoms with van der Waals surface area (Å²) in [6.07, 6.45) is 1.08. The van der Waals surface area contributed by atoms with Gasteiger partial charge in [-0.1, -0.05) is 0 Å².